The van der Waals surface area contributed by atoms with Crippen LogP contribution in [-0.2, 0) is 13.0 Å². The first-order valence-electron chi connectivity index (χ1n) is 16.4. The van der Waals surface area contributed by atoms with E-state index in [0.29, 0.717) is 30.8 Å². The lowest BCUT2D eigenvalue weighted by Crippen LogP contribution is -2.34. The lowest BCUT2D eigenvalue weighted by molar-refractivity contribution is 0.0697. The van der Waals surface area contributed by atoms with Crippen molar-refractivity contribution in [1.82, 2.24) is 19.8 Å². The predicted molar refractivity (Wildman–Crippen MR) is 181 cm³/mol. The van der Waals surface area contributed by atoms with Gasteiger partial charge in [0.05, 0.1) is 17.7 Å². The molecule has 6 rings (SSSR count). The molecular weight excluding hydrogens is 560 g/mol. The number of fused-ring (bicyclic) bond motifs is 2. The van der Waals surface area contributed by atoms with Crippen molar-refractivity contribution in [2.75, 3.05) is 19.8 Å². The molecule has 0 amide bonds. The van der Waals surface area contributed by atoms with Gasteiger partial charge in [0.25, 0.3) is 0 Å². The van der Waals surface area contributed by atoms with Gasteiger partial charge in [0.15, 0.2) is 0 Å². The maximum absolute atomic E-state index is 11.8. The maximum atomic E-state index is 11.8. The minimum Gasteiger partial charge on any atom is -0.491 e. The molecule has 0 saturated carbocycles. The van der Waals surface area contributed by atoms with E-state index in [9.17, 15) is 9.90 Å². The molecule has 1 saturated heterocycles. The van der Waals surface area contributed by atoms with Crippen LogP contribution in [0.25, 0.3) is 22.2 Å². The van der Waals surface area contributed by atoms with Crippen LogP contribution in [0, 0.1) is 6.92 Å². The average molecular weight is 605 g/mol. The Bertz CT molecular complexity index is 1690. The van der Waals surface area contributed by atoms with Gasteiger partial charge in [0, 0.05) is 38.3 Å². The fraction of sp³-hybridized carbons (Fsp3) is 0.368. The Morgan fingerprint density at radius 1 is 1.00 bits per heavy atom. The molecule has 234 valence electrons. The number of aromatic nitrogens is 2. The number of rotatable bonds is 14. The molecule has 1 aliphatic heterocycles. The Morgan fingerprint density at radius 3 is 2.64 bits per heavy atom. The highest BCUT2D eigenvalue weighted by Crippen LogP contribution is 2.32. The topological polar surface area (TPSA) is 79.6 Å². The molecule has 1 aromatic heterocycles. The van der Waals surface area contributed by atoms with Crippen LogP contribution < -0.4 is 10.1 Å². The SMILES string of the molecule is CCCCc1nc2c(C)ccc(OCCCCCN3CNC4C=CC=CC43)c2n1Cc1ccc(-c2ccccc2C(=O)O)cc1. The second-order valence-electron chi connectivity index (χ2n) is 12.2. The van der Waals surface area contributed by atoms with Gasteiger partial charge in [-0.25, -0.2) is 9.78 Å². The van der Waals surface area contributed by atoms with E-state index in [4.69, 9.17) is 9.72 Å². The Morgan fingerprint density at radius 2 is 1.82 bits per heavy atom. The first kappa shape index (κ1) is 30.8. The second kappa shape index (κ2) is 14.3. The van der Waals surface area contributed by atoms with Gasteiger partial charge < -0.3 is 14.4 Å². The van der Waals surface area contributed by atoms with Crippen molar-refractivity contribution in [3.63, 3.8) is 0 Å². The summed E-state index contributed by atoms with van der Waals surface area (Å²) in [4.78, 5) is 19.4. The second-order valence-corrected chi connectivity index (χ2v) is 12.2. The van der Waals surface area contributed by atoms with Crippen molar-refractivity contribution >= 4 is 17.0 Å². The van der Waals surface area contributed by atoms with Crippen molar-refractivity contribution in [1.29, 1.82) is 0 Å². The standard InChI is InChI=1S/C38H44N4O3/c1-3-4-16-35-40-36-27(2)17-22-34(45-24-11-5-10-23-41-26-39-32-14-8-9-15-33(32)41)37(36)42(35)25-28-18-20-29(21-19-28)30-12-6-7-13-31(30)38(43)44/h6-9,12-15,17-22,32-33,39H,3-5,10-11,16,23-26H2,1-2H3,(H,43,44). The number of nitrogens with one attached hydrogen (secondary N) is 1. The number of benzene rings is 3. The summed E-state index contributed by atoms with van der Waals surface area (Å²) < 4.78 is 8.81. The Hall–Kier alpha value is -4.20. The zero-order chi connectivity index (χ0) is 31.2. The van der Waals surface area contributed by atoms with Crippen LogP contribution in [0.3, 0.4) is 0 Å². The summed E-state index contributed by atoms with van der Waals surface area (Å²) in [5.41, 5.74) is 6.29. The van der Waals surface area contributed by atoms with E-state index >= 15 is 0 Å². The monoisotopic (exact) mass is 604 g/mol. The highest BCUT2D eigenvalue weighted by Gasteiger charge is 2.30. The fourth-order valence-corrected chi connectivity index (χ4v) is 6.55. The molecule has 7 nitrogen and oxygen atoms in total. The van der Waals surface area contributed by atoms with Crippen LogP contribution in [0.1, 0.15) is 66.3 Å². The minimum absolute atomic E-state index is 0.311. The van der Waals surface area contributed by atoms with E-state index in [-0.39, 0.29) is 0 Å². The summed E-state index contributed by atoms with van der Waals surface area (Å²) >= 11 is 0. The van der Waals surface area contributed by atoms with E-state index in [1.807, 2.05) is 24.3 Å². The third kappa shape index (κ3) is 6.90. The van der Waals surface area contributed by atoms with Gasteiger partial charge in [-0.2, -0.15) is 0 Å². The maximum Gasteiger partial charge on any atom is 0.336 e. The molecule has 2 heterocycles. The van der Waals surface area contributed by atoms with Gasteiger partial charge in [-0.3, -0.25) is 10.2 Å². The van der Waals surface area contributed by atoms with Crippen LogP contribution in [0.4, 0.5) is 0 Å². The first-order valence-corrected chi connectivity index (χ1v) is 16.4. The smallest absolute Gasteiger partial charge is 0.336 e. The van der Waals surface area contributed by atoms with Crippen LogP contribution in [-0.4, -0.2) is 57.4 Å². The number of unbranched alkanes of at least 4 members (excludes halogenated alkanes) is 3. The fourth-order valence-electron chi connectivity index (χ4n) is 6.55. The number of aryl methyl sites for hydroxylation is 2. The van der Waals surface area contributed by atoms with E-state index in [0.717, 1.165) is 96.6 Å². The molecule has 2 atom stereocenters. The van der Waals surface area contributed by atoms with Gasteiger partial charge in [-0.15, -0.1) is 0 Å². The molecule has 7 heteroatoms. The van der Waals surface area contributed by atoms with Crippen LogP contribution in [0.5, 0.6) is 5.75 Å². The van der Waals surface area contributed by atoms with Crippen LogP contribution >= 0.6 is 0 Å². The molecule has 4 aromatic rings. The molecule has 1 fully saturated rings. The van der Waals surface area contributed by atoms with E-state index in [1.165, 1.54) is 0 Å². The van der Waals surface area contributed by atoms with Gasteiger partial charge in [0.2, 0.25) is 0 Å². The van der Waals surface area contributed by atoms with Crippen molar-refractivity contribution in [2.24, 2.45) is 0 Å². The molecule has 3 aromatic carbocycles. The predicted octanol–water partition coefficient (Wildman–Crippen LogP) is 7.38. The molecule has 1 aliphatic carbocycles. The van der Waals surface area contributed by atoms with Crippen LogP contribution in [0.15, 0.2) is 85.0 Å². The number of carboxylic acid groups (broad SMARTS) is 1. The Kier molecular flexibility index (Phi) is 9.77. The van der Waals surface area contributed by atoms with E-state index in [1.54, 1.807) is 12.1 Å². The van der Waals surface area contributed by atoms with E-state index in [2.05, 4.69) is 77.2 Å². The van der Waals surface area contributed by atoms with Gasteiger partial charge in [-0.1, -0.05) is 86.2 Å². The summed E-state index contributed by atoms with van der Waals surface area (Å²) in [5, 5.41) is 13.3. The molecule has 2 N–H and O–H groups in total. The van der Waals surface area contributed by atoms with Crippen molar-refractivity contribution in [2.45, 2.75) is 71.0 Å². The third-order valence-corrected chi connectivity index (χ3v) is 9.06. The van der Waals surface area contributed by atoms with Gasteiger partial charge in [0.1, 0.15) is 17.1 Å². The number of allylic oxidation sites excluding steroid dienone is 2. The van der Waals surface area contributed by atoms with Crippen molar-refractivity contribution in [3.05, 3.63) is 107 Å². The number of nitrogens with zero attached hydrogens (tertiary/aromatic N) is 3. The van der Waals surface area contributed by atoms with Crippen LogP contribution in [0.2, 0.25) is 0 Å². The largest absolute Gasteiger partial charge is 0.491 e. The Balaban J connectivity index is 1.16. The molecule has 0 spiro atoms. The summed E-state index contributed by atoms with van der Waals surface area (Å²) in [7, 11) is 0. The summed E-state index contributed by atoms with van der Waals surface area (Å²) in [6.07, 6.45) is 15.2. The number of imidazole rings is 1. The van der Waals surface area contributed by atoms with Gasteiger partial charge in [-0.05, 0) is 67.0 Å². The van der Waals surface area contributed by atoms with Crippen molar-refractivity contribution in [3.8, 4) is 16.9 Å². The zero-order valence-electron chi connectivity index (χ0n) is 26.4. The zero-order valence-corrected chi connectivity index (χ0v) is 26.4. The quantitative estimate of drug-likeness (QED) is 0.146. The first-order chi connectivity index (χ1) is 22.0. The molecule has 45 heavy (non-hydrogen) atoms. The highest BCUT2D eigenvalue weighted by atomic mass is 16.5. The Labute approximate surface area is 266 Å². The third-order valence-electron chi connectivity index (χ3n) is 9.06. The number of hydrogen-bond donors (Lipinski definition) is 2. The van der Waals surface area contributed by atoms with Crippen molar-refractivity contribution < 1.29 is 14.6 Å². The number of aromatic carboxylic acids is 1. The molecule has 0 bridgehead atoms. The molecular formula is C38H44N4O3. The number of carbonyl (C=O) groups is 1. The molecule has 2 unspecified atom stereocenters. The molecule has 2 aliphatic rings. The lowest BCUT2D eigenvalue weighted by atomic mass is 9.98. The summed E-state index contributed by atoms with van der Waals surface area (Å²) in [6.45, 7) is 7.73. The highest BCUT2D eigenvalue weighted by molar-refractivity contribution is 5.96. The summed E-state index contributed by atoms with van der Waals surface area (Å²) in [6, 6.07) is 20.5. The lowest BCUT2D eigenvalue weighted by Gasteiger charge is -2.24. The number of hydrogen-bond acceptors (Lipinski definition) is 5. The number of ether oxygens (including phenoxy) is 1. The molecule has 0 radical (unpaired) electrons. The normalized spacial score (nSPS) is 17.6. The minimum atomic E-state index is -0.917. The van der Waals surface area contributed by atoms with E-state index < -0.39 is 5.97 Å². The number of carboxylic acids is 1. The average Bonchev–Trinajstić information content (AvgIpc) is 3.65. The summed E-state index contributed by atoms with van der Waals surface area (Å²) in [5.74, 6) is 1.05. The van der Waals surface area contributed by atoms with Gasteiger partial charge >= 0.3 is 5.97 Å².